The minimum Gasteiger partial charge on any atom is -0.262 e. The van der Waals surface area contributed by atoms with Crippen LogP contribution in [0.3, 0.4) is 0 Å². The summed E-state index contributed by atoms with van der Waals surface area (Å²) in [7, 11) is 0. The van der Waals surface area contributed by atoms with Crippen molar-refractivity contribution in [1.29, 1.82) is 0 Å². The quantitative estimate of drug-likeness (QED) is 0.860. The molecular weight excluding hydrogens is 202 g/mol. The summed E-state index contributed by atoms with van der Waals surface area (Å²) in [6.07, 6.45) is 0. The van der Waals surface area contributed by atoms with Crippen molar-refractivity contribution in [3.63, 3.8) is 0 Å². The Labute approximate surface area is 94.9 Å². The Kier molecular flexibility index (Phi) is 2.77. The first-order valence-corrected chi connectivity index (χ1v) is 5.59. The van der Waals surface area contributed by atoms with Gasteiger partial charge in [-0.05, 0) is 19.9 Å². The lowest BCUT2D eigenvalue weighted by atomic mass is 10.2. The summed E-state index contributed by atoms with van der Waals surface area (Å²) in [6, 6.07) is 2.01. The molecule has 2 heterocycles. The highest BCUT2D eigenvalue weighted by atomic mass is 15.3. The van der Waals surface area contributed by atoms with Gasteiger partial charge in [-0.1, -0.05) is 13.8 Å². The van der Waals surface area contributed by atoms with E-state index in [1.807, 2.05) is 17.7 Å². The van der Waals surface area contributed by atoms with E-state index in [0.717, 1.165) is 29.6 Å². The summed E-state index contributed by atoms with van der Waals surface area (Å²) in [5.41, 5.74) is 1.97. The highest BCUT2D eigenvalue weighted by molar-refractivity contribution is 5.49. The molecule has 5 nitrogen and oxygen atoms in total. The van der Waals surface area contributed by atoms with Gasteiger partial charge in [0.05, 0.1) is 5.69 Å². The molecule has 2 aromatic rings. The Morgan fingerprint density at radius 1 is 1.44 bits per heavy atom. The number of aromatic amines is 1. The van der Waals surface area contributed by atoms with Crippen molar-refractivity contribution >= 4 is 0 Å². The second-order valence-electron chi connectivity index (χ2n) is 4.19. The fourth-order valence-electron chi connectivity index (χ4n) is 1.61. The first-order chi connectivity index (χ1) is 7.61. The number of aromatic nitrogens is 5. The average molecular weight is 219 g/mol. The van der Waals surface area contributed by atoms with Crippen molar-refractivity contribution in [3.05, 3.63) is 17.6 Å². The van der Waals surface area contributed by atoms with E-state index in [-0.39, 0.29) is 0 Å². The molecule has 16 heavy (non-hydrogen) atoms. The molecule has 0 unspecified atom stereocenters. The lowest BCUT2D eigenvalue weighted by Crippen LogP contribution is -2.00. The molecule has 0 amide bonds. The second kappa shape index (κ2) is 4.08. The SMILES string of the molecule is CCn1nc(C)cc1-c1n[nH]c(C(C)C)n1. The fourth-order valence-corrected chi connectivity index (χ4v) is 1.61. The Morgan fingerprint density at radius 2 is 2.19 bits per heavy atom. The Hall–Kier alpha value is -1.65. The van der Waals surface area contributed by atoms with Crippen LogP contribution < -0.4 is 0 Å². The van der Waals surface area contributed by atoms with Crippen LogP contribution in [0.5, 0.6) is 0 Å². The van der Waals surface area contributed by atoms with Gasteiger partial charge in [0.1, 0.15) is 11.5 Å². The predicted octanol–water partition coefficient (Wildman–Crippen LogP) is 2.12. The molecule has 0 saturated carbocycles. The van der Waals surface area contributed by atoms with Crippen molar-refractivity contribution < 1.29 is 0 Å². The molecule has 0 fully saturated rings. The predicted molar refractivity (Wildman–Crippen MR) is 62.1 cm³/mol. The Morgan fingerprint density at radius 3 is 2.75 bits per heavy atom. The third-order valence-corrected chi connectivity index (χ3v) is 2.48. The van der Waals surface area contributed by atoms with Gasteiger partial charge < -0.3 is 0 Å². The highest BCUT2D eigenvalue weighted by Gasteiger charge is 2.13. The average Bonchev–Trinajstić information content (AvgIpc) is 2.82. The third kappa shape index (κ3) is 1.85. The molecule has 0 spiro atoms. The standard InChI is InChI=1S/C11H17N5/c1-5-16-9(6-8(4)15-16)11-12-10(7(2)3)13-14-11/h6-7H,5H2,1-4H3,(H,12,13,14). The molecule has 2 aromatic heterocycles. The molecule has 0 bridgehead atoms. The molecule has 0 aliphatic rings. The van der Waals surface area contributed by atoms with Crippen LogP contribution in [-0.2, 0) is 6.54 Å². The van der Waals surface area contributed by atoms with Gasteiger partial charge in [-0.2, -0.15) is 10.2 Å². The summed E-state index contributed by atoms with van der Waals surface area (Å²) in [6.45, 7) is 9.05. The van der Waals surface area contributed by atoms with E-state index in [4.69, 9.17) is 0 Å². The second-order valence-corrected chi connectivity index (χ2v) is 4.19. The zero-order valence-corrected chi connectivity index (χ0v) is 10.2. The normalized spacial score (nSPS) is 11.3. The molecule has 2 rings (SSSR count). The molecule has 0 aromatic carbocycles. The first kappa shape index (κ1) is 10.9. The van der Waals surface area contributed by atoms with E-state index in [1.165, 1.54) is 0 Å². The van der Waals surface area contributed by atoms with E-state index >= 15 is 0 Å². The van der Waals surface area contributed by atoms with Gasteiger partial charge >= 0.3 is 0 Å². The zero-order chi connectivity index (χ0) is 11.7. The van der Waals surface area contributed by atoms with Crippen LogP contribution in [0, 0.1) is 6.92 Å². The van der Waals surface area contributed by atoms with E-state index in [2.05, 4.69) is 41.1 Å². The van der Waals surface area contributed by atoms with E-state index < -0.39 is 0 Å². The lowest BCUT2D eigenvalue weighted by molar-refractivity contribution is 0.657. The van der Waals surface area contributed by atoms with Gasteiger partial charge in [0.2, 0.25) is 0 Å². The lowest BCUT2D eigenvalue weighted by Gasteiger charge is -1.99. The van der Waals surface area contributed by atoms with E-state index in [0.29, 0.717) is 5.92 Å². The number of H-pyrrole nitrogens is 1. The van der Waals surface area contributed by atoms with Crippen molar-refractivity contribution in [3.8, 4) is 11.5 Å². The molecule has 1 N–H and O–H groups in total. The molecule has 86 valence electrons. The van der Waals surface area contributed by atoms with E-state index in [1.54, 1.807) is 0 Å². The van der Waals surface area contributed by atoms with Gasteiger partial charge in [-0.3, -0.25) is 9.78 Å². The van der Waals surface area contributed by atoms with Gasteiger partial charge in [0.25, 0.3) is 0 Å². The van der Waals surface area contributed by atoms with Gasteiger partial charge in [-0.15, -0.1) is 0 Å². The molecule has 0 saturated heterocycles. The van der Waals surface area contributed by atoms with Gasteiger partial charge in [0, 0.05) is 12.5 Å². The number of nitrogens with one attached hydrogen (secondary N) is 1. The molecule has 0 aliphatic heterocycles. The number of rotatable bonds is 3. The van der Waals surface area contributed by atoms with Crippen LogP contribution >= 0.6 is 0 Å². The van der Waals surface area contributed by atoms with Crippen molar-refractivity contribution in [1.82, 2.24) is 25.0 Å². The maximum Gasteiger partial charge on any atom is 0.199 e. The molecule has 0 radical (unpaired) electrons. The number of nitrogens with zero attached hydrogens (tertiary/aromatic N) is 4. The zero-order valence-electron chi connectivity index (χ0n) is 10.2. The first-order valence-electron chi connectivity index (χ1n) is 5.59. The fraction of sp³-hybridized carbons (Fsp3) is 0.545. The van der Waals surface area contributed by atoms with Crippen LogP contribution in [0.15, 0.2) is 6.07 Å². The van der Waals surface area contributed by atoms with Crippen molar-refractivity contribution in [2.45, 2.75) is 40.2 Å². The molecule has 0 atom stereocenters. The van der Waals surface area contributed by atoms with Crippen LogP contribution in [-0.4, -0.2) is 25.0 Å². The maximum absolute atomic E-state index is 4.47. The number of aryl methyl sites for hydroxylation is 2. The van der Waals surface area contributed by atoms with Gasteiger partial charge in [0.15, 0.2) is 5.82 Å². The monoisotopic (exact) mass is 219 g/mol. The number of hydrogen-bond donors (Lipinski definition) is 1. The smallest absolute Gasteiger partial charge is 0.199 e. The third-order valence-electron chi connectivity index (χ3n) is 2.48. The minimum absolute atomic E-state index is 0.361. The topological polar surface area (TPSA) is 59.4 Å². The summed E-state index contributed by atoms with van der Waals surface area (Å²) in [4.78, 5) is 4.47. The van der Waals surface area contributed by atoms with Crippen LogP contribution in [0.2, 0.25) is 0 Å². The Bertz CT molecular complexity index is 480. The molecule has 0 aliphatic carbocycles. The summed E-state index contributed by atoms with van der Waals surface area (Å²) >= 11 is 0. The van der Waals surface area contributed by atoms with E-state index in [9.17, 15) is 0 Å². The minimum atomic E-state index is 0.361. The summed E-state index contributed by atoms with van der Waals surface area (Å²) in [5, 5.41) is 11.6. The number of hydrogen-bond acceptors (Lipinski definition) is 3. The van der Waals surface area contributed by atoms with Gasteiger partial charge in [-0.25, -0.2) is 4.98 Å². The van der Waals surface area contributed by atoms with Crippen LogP contribution in [0.1, 0.15) is 38.2 Å². The molecule has 5 heteroatoms. The largest absolute Gasteiger partial charge is 0.262 e. The van der Waals surface area contributed by atoms with Crippen LogP contribution in [0.25, 0.3) is 11.5 Å². The highest BCUT2D eigenvalue weighted by Crippen LogP contribution is 2.18. The van der Waals surface area contributed by atoms with Crippen LogP contribution in [0.4, 0.5) is 0 Å². The maximum atomic E-state index is 4.47. The molecular formula is C11H17N5. The summed E-state index contributed by atoms with van der Waals surface area (Å²) in [5.74, 6) is 2.00. The Balaban J connectivity index is 2.41. The van der Waals surface area contributed by atoms with Crippen molar-refractivity contribution in [2.75, 3.05) is 0 Å². The summed E-state index contributed by atoms with van der Waals surface area (Å²) < 4.78 is 1.92. The van der Waals surface area contributed by atoms with Crippen molar-refractivity contribution in [2.24, 2.45) is 0 Å².